The van der Waals surface area contributed by atoms with Crippen LogP contribution in [0.25, 0.3) is 0 Å². The Morgan fingerprint density at radius 2 is 1.33 bits per heavy atom. The molecule has 1 amide bonds. The second-order valence-electron chi connectivity index (χ2n) is 7.49. The third-order valence-electron chi connectivity index (χ3n) is 5.89. The fourth-order valence-corrected chi connectivity index (χ4v) is 4.43. The van der Waals surface area contributed by atoms with Crippen molar-refractivity contribution in [2.45, 2.75) is 63.2 Å². The maximum atomic E-state index is 12.9. The summed E-state index contributed by atoms with van der Waals surface area (Å²) in [6, 6.07) is 1.20. The molecule has 0 aromatic heterocycles. The third-order valence-corrected chi connectivity index (χ3v) is 5.89. The molecule has 1 unspecified atom stereocenters. The Morgan fingerprint density at radius 1 is 0.792 bits per heavy atom. The summed E-state index contributed by atoms with van der Waals surface area (Å²) in [6.45, 7) is 7.72. The average molecular weight is 340 g/mol. The van der Waals surface area contributed by atoms with Gasteiger partial charge in [0.1, 0.15) is 0 Å². The van der Waals surface area contributed by atoms with Crippen molar-refractivity contribution in [3.8, 4) is 0 Å². The fraction of sp³-hybridized carbons (Fsp3) is 0.944. The molecule has 24 heavy (non-hydrogen) atoms. The largest absolute Gasteiger partial charge is 0.337 e. The van der Waals surface area contributed by atoms with Crippen molar-refractivity contribution >= 4 is 5.91 Å². The minimum absolute atomic E-state index is 0.285. The first-order chi connectivity index (χ1) is 11.8. The number of hydrogen-bond donors (Lipinski definition) is 2. The number of carbonyl (C=O) groups is 1. The number of likely N-dealkylation sites (tertiary alicyclic amines) is 2. The average Bonchev–Trinajstić information content (AvgIpc) is 3.28. The Morgan fingerprint density at radius 3 is 1.83 bits per heavy atom. The van der Waals surface area contributed by atoms with Crippen LogP contribution < -0.4 is 10.6 Å². The molecule has 0 aromatic rings. The van der Waals surface area contributed by atoms with Gasteiger partial charge in [-0.2, -0.15) is 0 Å². The molecule has 0 bridgehead atoms. The van der Waals surface area contributed by atoms with Crippen LogP contribution in [0, 0.1) is 0 Å². The van der Waals surface area contributed by atoms with E-state index in [9.17, 15) is 9.18 Å². The number of hydrogen-bond acceptors (Lipinski definition) is 4. The van der Waals surface area contributed by atoms with Gasteiger partial charge in [0.15, 0.2) is 6.17 Å². The summed E-state index contributed by atoms with van der Waals surface area (Å²) in [5, 5.41) is 6.64. The number of nitrogens with zero attached hydrogens (tertiary/aromatic N) is 2. The van der Waals surface area contributed by atoms with Crippen LogP contribution in [0.1, 0.15) is 44.9 Å². The summed E-state index contributed by atoms with van der Waals surface area (Å²) in [4.78, 5) is 15.7. The Bertz CT molecular complexity index is 390. The minimum Gasteiger partial charge on any atom is -0.337 e. The van der Waals surface area contributed by atoms with Crippen LogP contribution >= 0.6 is 0 Å². The second kappa shape index (κ2) is 9.11. The van der Waals surface area contributed by atoms with E-state index < -0.39 is 6.17 Å². The maximum Gasteiger partial charge on any atom is 0.257 e. The molecule has 0 aromatic carbocycles. The number of carbonyl (C=O) groups excluding carboxylic acids is 1. The number of halogens is 1. The Labute approximate surface area is 145 Å². The first kappa shape index (κ1) is 18.1. The van der Waals surface area contributed by atoms with Gasteiger partial charge in [0.05, 0.1) is 0 Å². The van der Waals surface area contributed by atoms with E-state index in [1.54, 1.807) is 4.90 Å². The van der Waals surface area contributed by atoms with Crippen LogP contribution in [-0.4, -0.2) is 79.8 Å². The lowest BCUT2D eigenvalue weighted by Crippen LogP contribution is -2.44. The number of amides is 1. The lowest BCUT2D eigenvalue weighted by Gasteiger charge is -2.31. The van der Waals surface area contributed by atoms with Gasteiger partial charge in [0, 0.05) is 25.0 Å². The Balaban J connectivity index is 0.000000143. The van der Waals surface area contributed by atoms with E-state index in [4.69, 9.17) is 0 Å². The van der Waals surface area contributed by atoms with Gasteiger partial charge in [-0.15, -0.1) is 0 Å². The smallest absolute Gasteiger partial charge is 0.257 e. The SMILES string of the molecule is C1CCN(C2CCNCC2)C1.O=C1C(F)CCN1C1CCNCC1. The summed E-state index contributed by atoms with van der Waals surface area (Å²) in [6.07, 6.45) is 6.72. The molecule has 4 rings (SSSR count). The quantitative estimate of drug-likeness (QED) is 0.792. The van der Waals surface area contributed by atoms with Gasteiger partial charge in [-0.25, -0.2) is 4.39 Å². The van der Waals surface area contributed by atoms with E-state index in [0.717, 1.165) is 32.0 Å². The molecule has 4 saturated heterocycles. The van der Waals surface area contributed by atoms with Gasteiger partial charge in [-0.3, -0.25) is 4.79 Å². The molecule has 0 radical (unpaired) electrons. The minimum atomic E-state index is -1.23. The topological polar surface area (TPSA) is 47.6 Å². The molecule has 2 N–H and O–H groups in total. The normalized spacial score (nSPS) is 30.5. The third kappa shape index (κ3) is 4.67. The lowest BCUT2D eigenvalue weighted by molar-refractivity contribution is -0.134. The summed E-state index contributed by atoms with van der Waals surface area (Å²) in [5.41, 5.74) is 0. The van der Waals surface area contributed by atoms with Crippen molar-refractivity contribution in [1.29, 1.82) is 0 Å². The second-order valence-corrected chi connectivity index (χ2v) is 7.49. The summed E-state index contributed by atoms with van der Waals surface area (Å²) in [5.74, 6) is -0.285. The van der Waals surface area contributed by atoms with E-state index in [1.165, 1.54) is 51.9 Å². The standard InChI is InChI=1S/C9H15FN2O.C9H18N2/c10-8-3-6-12(9(8)13)7-1-4-11-5-2-7;1-2-8-11(7-1)9-3-5-10-6-4-9/h7-8,11H,1-6H2;9-10H,1-8H2. The van der Waals surface area contributed by atoms with Crippen molar-refractivity contribution in [3.05, 3.63) is 0 Å². The van der Waals surface area contributed by atoms with Crippen molar-refractivity contribution in [2.24, 2.45) is 0 Å². The molecule has 0 aliphatic carbocycles. The Kier molecular flexibility index (Phi) is 6.86. The zero-order valence-corrected chi connectivity index (χ0v) is 14.8. The number of nitrogens with one attached hydrogen (secondary N) is 2. The van der Waals surface area contributed by atoms with Gasteiger partial charge in [-0.1, -0.05) is 0 Å². The van der Waals surface area contributed by atoms with Crippen molar-refractivity contribution in [3.63, 3.8) is 0 Å². The fourth-order valence-electron chi connectivity index (χ4n) is 4.43. The highest BCUT2D eigenvalue weighted by Gasteiger charge is 2.36. The first-order valence-corrected chi connectivity index (χ1v) is 9.86. The van der Waals surface area contributed by atoms with E-state index in [0.29, 0.717) is 13.0 Å². The van der Waals surface area contributed by atoms with Crippen LogP contribution in [0.4, 0.5) is 4.39 Å². The highest BCUT2D eigenvalue weighted by molar-refractivity contribution is 5.83. The molecule has 6 heteroatoms. The molecular weight excluding hydrogens is 307 g/mol. The first-order valence-electron chi connectivity index (χ1n) is 9.86. The highest BCUT2D eigenvalue weighted by Crippen LogP contribution is 2.21. The maximum absolute atomic E-state index is 12.9. The molecule has 4 aliphatic rings. The molecule has 1 atom stereocenters. The molecular formula is C18H33FN4O. The van der Waals surface area contributed by atoms with Gasteiger partial charge < -0.3 is 20.4 Å². The highest BCUT2D eigenvalue weighted by atomic mass is 19.1. The van der Waals surface area contributed by atoms with Crippen LogP contribution in [0.2, 0.25) is 0 Å². The van der Waals surface area contributed by atoms with Crippen LogP contribution in [0.3, 0.4) is 0 Å². The zero-order chi connectivity index (χ0) is 16.8. The molecule has 0 spiro atoms. The molecule has 0 saturated carbocycles. The van der Waals surface area contributed by atoms with Gasteiger partial charge in [0.25, 0.3) is 5.91 Å². The predicted octanol–water partition coefficient (Wildman–Crippen LogP) is 1.14. The molecule has 5 nitrogen and oxygen atoms in total. The zero-order valence-electron chi connectivity index (χ0n) is 14.8. The molecule has 4 fully saturated rings. The van der Waals surface area contributed by atoms with Crippen molar-refractivity contribution in [2.75, 3.05) is 45.8 Å². The lowest BCUT2D eigenvalue weighted by atomic mass is 10.1. The summed E-state index contributed by atoms with van der Waals surface area (Å²) < 4.78 is 12.9. The molecule has 138 valence electrons. The summed E-state index contributed by atoms with van der Waals surface area (Å²) in [7, 11) is 0. The van der Waals surface area contributed by atoms with Gasteiger partial charge in [-0.05, 0) is 77.8 Å². The van der Waals surface area contributed by atoms with Gasteiger partial charge in [0.2, 0.25) is 0 Å². The van der Waals surface area contributed by atoms with Crippen LogP contribution in [-0.2, 0) is 4.79 Å². The van der Waals surface area contributed by atoms with Crippen LogP contribution in [0.15, 0.2) is 0 Å². The predicted molar refractivity (Wildman–Crippen MR) is 93.8 cm³/mol. The number of alkyl halides is 1. The Hall–Kier alpha value is -0.720. The van der Waals surface area contributed by atoms with E-state index in [1.807, 2.05) is 0 Å². The van der Waals surface area contributed by atoms with E-state index in [2.05, 4.69) is 15.5 Å². The summed E-state index contributed by atoms with van der Waals surface area (Å²) >= 11 is 0. The van der Waals surface area contributed by atoms with Gasteiger partial charge >= 0.3 is 0 Å². The van der Waals surface area contributed by atoms with Crippen LogP contribution in [0.5, 0.6) is 0 Å². The molecule has 4 aliphatic heterocycles. The van der Waals surface area contributed by atoms with E-state index >= 15 is 0 Å². The van der Waals surface area contributed by atoms with Crippen molar-refractivity contribution < 1.29 is 9.18 Å². The van der Waals surface area contributed by atoms with Crippen molar-refractivity contribution in [1.82, 2.24) is 20.4 Å². The molecule has 4 heterocycles. The van der Waals surface area contributed by atoms with E-state index in [-0.39, 0.29) is 11.9 Å². The number of rotatable bonds is 2. The number of piperidine rings is 2. The monoisotopic (exact) mass is 340 g/mol.